The minimum absolute atomic E-state index is 0.0241. The number of anilines is 1. The Morgan fingerprint density at radius 1 is 1.30 bits per heavy atom. The van der Waals surface area contributed by atoms with Crippen LogP contribution in [0.15, 0.2) is 18.2 Å². The Morgan fingerprint density at radius 2 is 2.00 bits per heavy atom. The molecule has 0 spiro atoms. The molecule has 0 radical (unpaired) electrons. The third-order valence-electron chi connectivity index (χ3n) is 4.49. The molecule has 0 bridgehead atoms. The zero-order valence-electron chi connectivity index (χ0n) is 13.9. The van der Waals surface area contributed by atoms with E-state index in [0.717, 1.165) is 36.9 Å². The maximum absolute atomic E-state index is 12.4. The lowest BCUT2D eigenvalue weighted by Crippen LogP contribution is -2.41. The highest BCUT2D eigenvalue weighted by Gasteiger charge is 2.27. The number of rotatable bonds is 5. The van der Waals surface area contributed by atoms with E-state index in [9.17, 15) is 9.59 Å². The van der Waals surface area contributed by atoms with Crippen molar-refractivity contribution < 1.29 is 9.59 Å². The van der Waals surface area contributed by atoms with Crippen LogP contribution in [0.1, 0.15) is 44.6 Å². The van der Waals surface area contributed by atoms with Crippen molar-refractivity contribution >= 4 is 29.1 Å². The van der Waals surface area contributed by atoms with Crippen LogP contribution < -0.4 is 5.32 Å². The van der Waals surface area contributed by atoms with Crippen molar-refractivity contribution in [2.45, 2.75) is 46.0 Å². The number of carbonyl (C=O) groups excluding carboxylic acids is 2. The van der Waals surface area contributed by atoms with Gasteiger partial charge in [0.2, 0.25) is 11.8 Å². The van der Waals surface area contributed by atoms with Crippen molar-refractivity contribution in [1.29, 1.82) is 0 Å². The molecule has 4 nitrogen and oxygen atoms in total. The quantitative estimate of drug-likeness (QED) is 0.883. The molecule has 126 valence electrons. The third-order valence-corrected chi connectivity index (χ3v) is 4.90. The van der Waals surface area contributed by atoms with Gasteiger partial charge in [-0.15, -0.1) is 0 Å². The minimum atomic E-state index is -0.0383. The number of carbonyl (C=O) groups is 2. The molecule has 1 aromatic rings. The number of halogens is 1. The fraction of sp³-hybridized carbons (Fsp3) is 0.556. The normalized spacial score (nSPS) is 15.5. The molecule has 0 atom stereocenters. The van der Waals surface area contributed by atoms with Gasteiger partial charge in [-0.2, -0.15) is 0 Å². The fourth-order valence-corrected chi connectivity index (χ4v) is 3.03. The summed E-state index contributed by atoms with van der Waals surface area (Å²) in [6.45, 7) is 5.33. The van der Waals surface area contributed by atoms with Crippen molar-refractivity contribution in [3.8, 4) is 0 Å². The molecule has 2 rings (SSSR count). The Labute approximate surface area is 143 Å². The first kappa shape index (κ1) is 17.8. The SMILES string of the molecule is CCCCC(=O)N1CCC(C(=O)Nc2cccc(Cl)c2C)CC1. The number of unbranched alkanes of at least 4 members (excludes halogenated alkanes) is 1. The molecule has 1 heterocycles. The van der Waals surface area contributed by atoms with E-state index >= 15 is 0 Å². The Hall–Kier alpha value is -1.55. The number of hydrogen-bond donors (Lipinski definition) is 1. The highest BCUT2D eigenvalue weighted by Crippen LogP contribution is 2.25. The smallest absolute Gasteiger partial charge is 0.227 e. The zero-order valence-corrected chi connectivity index (χ0v) is 14.7. The minimum Gasteiger partial charge on any atom is -0.343 e. The molecule has 1 fully saturated rings. The molecule has 0 aromatic heterocycles. The zero-order chi connectivity index (χ0) is 16.8. The fourth-order valence-electron chi connectivity index (χ4n) is 2.85. The van der Waals surface area contributed by atoms with Gasteiger partial charge in [0, 0.05) is 36.1 Å². The molecule has 1 saturated heterocycles. The lowest BCUT2D eigenvalue weighted by Gasteiger charge is -2.31. The number of benzene rings is 1. The van der Waals surface area contributed by atoms with E-state index < -0.39 is 0 Å². The summed E-state index contributed by atoms with van der Waals surface area (Å²) in [5.41, 5.74) is 1.65. The van der Waals surface area contributed by atoms with Crippen LogP contribution in [0.4, 0.5) is 5.69 Å². The van der Waals surface area contributed by atoms with Gasteiger partial charge >= 0.3 is 0 Å². The highest BCUT2D eigenvalue weighted by atomic mass is 35.5. The largest absolute Gasteiger partial charge is 0.343 e. The van der Waals surface area contributed by atoms with E-state index in [0.29, 0.717) is 24.5 Å². The van der Waals surface area contributed by atoms with Crippen LogP contribution in [0.5, 0.6) is 0 Å². The van der Waals surface area contributed by atoms with Crippen LogP contribution in [0.2, 0.25) is 5.02 Å². The molecule has 1 aliphatic heterocycles. The maximum Gasteiger partial charge on any atom is 0.227 e. The molecule has 0 unspecified atom stereocenters. The van der Waals surface area contributed by atoms with E-state index in [-0.39, 0.29) is 17.7 Å². The lowest BCUT2D eigenvalue weighted by atomic mass is 9.95. The third kappa shape index (κ3) is 4.71. The van der Waals surface area contributed by atoms with Crippen molar-refractivity contribution in [2.75, 3.05) is 18.4 Å². The van der Waals surface area contributed by atoms with Crippen molar-refractivity contribution in [3.05, 3.63) is 28.8 Å². The predicted molar refractivity (Wildman–Crippen MR) is 93.6 cm³/mol. The van der Waals surface area contributed by atoms with Crippen LogP contribution in [0.25, 0.3) is 0 Å². The monoisotopic (exact) mass is 336 g/mol. The lowest BCUT2D eigenvalue weighted by molar-refractivity contribution is -0.134. The number of nitrogens with one attached hydrogen (secondary N) is 1. The van der Waals surface area contributed by atoms with Gasteiger partial charge in [-0.3, -0.25) is 9.59 Å². The van der Waals surface area contributed by atoms with Gasteiger partial charge in [0.1, 0.15) is 0 Å². The van der Waals surface area contributed by atoms with Gasteiger partial charge in [-0.05, 0) is 43.9 Å². The first-order chi connectivity index (χ1) is 11.0. The second kappa shape index (κ2) is 8.34. The van der Waals surface area contributed by atoms with Gasteiger partial charge < -0.3 is 10.2 Å². The Kier molecular flexibility index (Phi) is 6.46. The van der Waals surface area contributed by atoms with Crippen molar-refractivity contribution in [2.24, 2.45) is 5.92 Å². The molecule has 2 amide bonds. The molecular formula is C18H25ClN2O2. The molecule has 1 aliphatic rings. The number of hydrogen-bond acceptors (Lipinski definition) is 2. The summed E-state index contributed by atoms with van der Waals surface area (Å²) in [5.74, 6) is 0.205. The Balaban J connectivity index is 1.86. The summed E-state index contributed by atoms with van der Waals surface area (Å²) in [6, 6.07) is 5.51. The second-order valence-electron chi connectivity index (χ2n) is 6.16. The van der Waals surface area contributed by atoms with Gasteiger partial charge in [0.15, 0.2) is 0 Å². The molecule has 23 heavy (non-hydrogen) atoms. The molecule has 5 heteroatoms. The summed E-state index contributed by atoms with van der Waals surface area (Å²) in [4.78, 5) is 26.3. The van der Waals surface area contributed by atoms with Crippen LogP contribution in [0, 0.1) is 12.8 Å². The number of likely N-dealkylation sites (tertiary alicyclic amines) is 1. The van der Waals surface area contributed by atoms with Crippen molar-refractivity contribution in [3.63, 3.8) is 0 Å². The van der Waals surface area contributed by atoms with Crippen LogP contribution in [0.3, 0.4) is 0 Å². The van der Waals surface area contributed by atoms with Gasteiger partial charge in [-0.25, -0.2) is 0 Å². The summed E-state index contributed by atoms with van der Waals surface area (Å²) in [5, 5.41) is 3.62. The number of nitrogens with zero attached hydrogens (tertiary/aromatic N) is 1. The predicted octanol–water partition coefficient (Wildman–Crippen LogP) is 4.02. The average Bonchev–Trinajstić information content (AvgIpc) is 2.57. The molecular weight excluding hydrogens is 312 g/mol. The Morgan fingerprint density at radius 3 is 2.65 bits per heavy atom. The molecule has 1 aromatic carbocycles. The summed E-state index contributed by atoms with van der Waals surface area (Å²) >= 11 is 6.08. The standard InChI is InChI=1S/C18H25ClN2O2/c1-3-4-8-17(22)21-11-9-14(10-12-21)18(23)20-16-7-5-6-15(19)13(16)2/h5-7,14H,3-4,8-12H2,1-2H3,(H,20,23). The van der Waals surface area contributed by atoms with E-state index in [1.807, 2.05) is 30.0 Å². The maximum atomic E-state index is 12.4. The molecule has 0 aliphatic carbocycles. The van der Waals surface area contributed by atoms with Crippen LogP contribution in [-0.2, 0) is 9.59 Å². The second-order valence-corrected chi connectivity index (χ2v) is 6.57. The van der Waals surface area contributed by atoms with Gasteiger partial charge in [0.05, 0.1) is 0 Å². The van der Waals surface area contributed by atoms with E-state index in [2.05, 4.69) is 12.2 Å². The summed E-state index contributed by atoms with van der Waals surface area (Å²) in [7, 11) is 0. The number of piperidine rings is 1. The van der Waals surface area contributed by atoms with Gasteiger partial charge in [-0.1, -0.05) is 31.0 Å². The summed E-state index contributed by atoms with van der Waals surface area (Å²) in [6.07, 6.45) is 4.04. The van der Waals surface area contributed by atoms with E-state index in [4.69, 9.17) is 11.6 Å². The van der Waals surface area contributed by atoms with Gasteiger partial charge in [0.25, 0.3) is 0 Å². The van der Waals surface area contributed by atoms with E-state index in [1.165, 1.54) is 0 Å². The average molecular weight is 337 g/mol. The Bertz CT molecular complexity index is 566. The van der Waals surface area contributed by atoms with Crippen LogP contribution in [-0.4, -0.2) is 29.8 Å². The molecule has 0 saturated carbocycles. The van der Waals surface area contributed by atoms with Crippen molar-refractivity contribution in [1.82, 2.24) is 4.90 Å². The molecule has 1 N–H and O–H groups in total. The first-order valence-electron chi connectivity index (χ1n) is 8.36. The van der Waals surface area contributed by atoms with E-state index in [1.54, 1.807) is 0 Å². The first-order valence-corrected chi connectivity index (χ1v) is 8.74. The number of amides is 2. The highest BCUT2D eigenvalue weighted by molar-refractivity contribution is 6.31. The summed E-state index contributed by atoms with van der Waals surface area (Å²) < 4.78 is 0. The van der Waals surface area contributed by atoms with Crippen LogP contribution >= 0.6 is 11.6 Å². The topological polar surface area (TPSA) is 49.4 Å².